The standard InChI is InChI=1S/C11H12FN3OS/c1-7-5-8(3-4-9(7)12)16-6-10-14-15-11(13-2)17-10/h3-5H,6H2,1-2H3,(H,13,15). The molecule has 0 unspecified atom stereocenters. The highest BCUT2D eigenvalue weighted by Crippen LogP contribution is 2.19. The first-order valence-electron chi connectivity index (χ1n) is 5.08. The fourth-order valence-electron chi connectivity index (χ4n) is 1.26. The van der Waals surface area contributed by atoms with E-state index in [0.29, 0.717) is 17.9 Å². The molecule has 2 aromatic rings. The summed E-state index contributed by atoms with van der Waals surface area (Å²) in [6.07, 6.45) is 0. The van der Waals surface area contributed by atoms with Gasteiger partial charge in [-0.3, -0.25) is 0 Å². The van der Waals surface area contributed by atoms with Gasteiger partial charge < -0.3 is 10.1 Å². The average molecular weight is 253 g/mol. The van der Waals surface area contributed by atoms with Crippen LogP contribution in [-0.4, -0.2) is 17.2 Å². The molecule has 1 aromatic heterocycles. The fourth-order valence-corrected chi connectivity index (χ4v) is 1.87. The number of ether oxygens (including phenoxy) is 1. The zero-order valence-electron chi connectivity index (χ0n) is 9.53. The molecule has 1 heterocycles. The van der Waals surface area contributed by atoms with Gasteiger partial charge in [-0.1, -0.05) is 11.3 Å². The predicted octanol–water partition coefficient (Wildman–Crippen LogP) is 2.61. The number of aromatic nitrogens is 2. The Balaban J connectivity index is 1.99. The number of aryl methyl sites for hydroxylation is 1. The third kappa shape index (κ3) is 2.91. The minimum atomic E-state index is -0.231. The normalized spacial score (nSPS) is 10.3. The van der Waals surface area contributed by atoms with Crippen LogP contribution in [0.15, 0.2) is 18.2 Å². The Hall–Kier alpha value is -1.69. The Morgan fingerprint density at radius 1 is 1.41 bits per heavy atom. The third-order valence-corrected chi connectivity index (χ3v) is 3.09. The van der Waals surface area contributed by atoms with E-state index in [2.05, 4.69) is 15.5 Å². The Kier molecular flexibility index (Phi) is 3.53. The molecule has 1 aromatic carbocycles. The summed E-state index contributed by atoms with van der Waals surface area (Å²) in [6.45, 7) is 2.04. The first-order valence-corrected chi connectivity index (χ1v) is 5.90. The topological polar surface area (TPSA) is 47.0 Å². The van der Waals surface area contributed by atoms with Crippen LogP contribution in [-0.2, 0) is 6.61 Å². The minimum Gasteiger partial charge on any atom is -0.486 e. The number of anilines is 1. The summed E-state index contributed by atoms with van der Waals surface area (Å²) in [5.74, 6) is 0.399. The van der Waals surface area contributed by atoms with Crippen molar-refractivity contribution < 1.29 is 9.13 Å². The zero-order valence-corrected chi connectivity index (χ0v) is 10.3. The van der Waals surface area contributed by atoms with Crippen molar-refractivity contribution in [3.63, 3.8) is 0 Å². The molecule has 17 heavy (non-hydrogen) atoms. The maximum atomic E-state index is 13.0. The molecule has 0 saturated carbocycles. The van der Waals surface area contributed by atoms with Crippen molar-refractivity contribution in [1.82, 2.24) is 10.2 Å². The van der Waals surface area contributed by atoms with E-state index in [9.17, 15) is 4.39 Å². The first-order chi connectivity index (χ1) is 8.19. The van der Waals surface area contributed by atoms with E-state index in [1.54, 1.807) is 26.1 Å². The van der Waals surface area contributed by atoms with Crippen LogP contribution in [0.1, 0.15) is 10.6 Å². The lowest BCUT2D eigenvalue weighted by Gasteiger charge is -2.04. The molecule has 0 spiro atoms. The second-order valence-electron chi connectivity index (χ2n) is 3.45. The Morgan fingerprint density at radius 2 is 2.24 bits per heavy atom. The Morgan fingerprint density at radius 3 is 2.88 bits per heavy atom. The Labute approximate surface area is 102 Å². The predicted molar refractivity (Wildman–Crippen MR) is 64.9 cm³/mol. The number of nitrogens with zero attached hydrogens (tertiary/aromatic N) is 2. The van der Waals surface area contributed by atoms with E-state index >= 15 is 0 Å². The van der Waals surface area contributed by atoms with Gasteiger partial charge in [-0.05, 0) is 30.7 Å². The summed E-state index contributed by atoms with van der Waals surface area (Å²) in [6, 6.07) is 4.65. The Bertz CT molecular complexity index is 515. The van der Waals surface area contributed by atoms with Crippen LogP contribution >= 0.6 is 11.3 Å². The second-order valence-corrected chi connectivity index (χ2v) is 4.51. The van der Waals surface area contributed by atoms with Crippen molar-refractivity contribution in [2.45, 2.75) is 13.5 Å². The second kappa shape index (κ2) is 5.09. The number of rotatable bonds is 4. The summed E-state index contributed by atoms with van der Waals surface area (Å²) >= 11 is 1.43. The van der Waals surface area contributed by atoms with E-state index in [0.717, 1.165) is 10.1 Å². The summed E-state index contributed by atoms with van der Waals surface area (Å²) in [5, 5.41) is 12.3. The van der Waals surface area contributed by atoms with Crippen LogP contribution in [0, 0.1) is 12.7 Å². The molecule has 0 bridgehead atoms. The lowest BCUT2D eigenvalue weighted by molar-refractivity contribution is 0.304. The molecule has 4 nitrogen and oxygen atoms in total. The van der Waals surface area contributed by atoms with Gasteiger partial charge >= 0.3 is 0 Å². The summed E-state index contributed by atoms with van der Waals surface area (Å²) in [4.78, 5) is 0. The van der Waals surface area contributed by atoms with Gasteiger partial charge in [0.15, 0.2) is 5.01 Å². The van der Waals surface area contributed by atoms with E-state index < -0.39 is 0 Å². The van der Waals surface area contributed by atoms with Crippen LogP contribution in [0.2, 0.25) is 0 Å². The molecular formula is C11H12FN3OS. The highest BCUT2D eigenvalue weighted by Gasteiger charge is 2.04. The van der Waals surface area contributed by atoms with Crippen LogP contribution in [0.4, 0.5) is 9.52 Å². The van der Waals surface area contributed by atoms with Crippen molar-refractivity contribution in [3.05, 3.63) is 34.6 Å². The van der Waals surface area contributed by atoms with Crippen LogP contribution in [0.5, 0.6) is 5.75 Å². The number of hydrogen-bond donors (Lipinski definition) is 1. The molecule has 0 atom stereocenters. The molecule has 0 amide bonds. The van der Waals surface area contributed by atoms with Crippen molar-refractivity contribution in [2.24, 2.45) is 0 Å². The quantitative estimate of drug-likeness (QED) is 0.909. The van der Waals surface area contributed by atoms with Crippen molar-refractivity contribution in [2.75, 3.05) is 12.4 Å². The lowest BCUT2D eigenvalue weighted by atomic mass is 10.2. The highest BCUT2D eigenvalue weighted by molar-refractivity contribution is 7.15. The van der Waals surface area contributed by atoms with E-state index in [1.165, 1.54) is 17.4 Å². The maximum absolute atomic E-state index is 13.0. The number of hydrogen-bond acceptors (Lipinski definition) is 5. The summed E-state index contributed by atoms with van der Waals surface area (Å²) in [5.41, 5.74) is 0.565. The van der Waals surface area contributed by atoms with Gasteiger partial charge in [0, 0.05) is 7.05 Å². The van der Waals surface area contributed by atoms with Crippen LogP contribution in [0.25, 0.3) is 0 Å². The summed E-state index contributed by atoms with van der Waals surface area (Å²) in [7, 11) is 1.79. The number of benzene rings is 1. The summed E-state index contributed by atoms with van der Waals surface area (Å²) < 4.78 is 18.5. The number of nitrogens with one attached hydrogen (secondary N) is 1. The molecule has 90 valence electrons. The molecule has 1 N–H and O–H groups in total. The molecule has 0 aliphatic rings. The first kappa shape index (κ1) is 11.8. The lowest BCUT2D eigenvalue weighted by Crippen LogP contribution is -1.95. The smallest absolute Gasteiger partial charge is 0.205 e. The van der Waals surface area contributed by atoms with Gasteiger partial charge in [0.05, 0.1) is 0 Å². The SMILES string of the molecule is CNc1nnc(COc2ccc(F)c(C)c2)s1. The molecular weight excluding hydrogens is 241 g/mol. The zero-order chi connectivity index (χ0) is 12.3. The van der Waals surface area contributed by atoms with E-state index in [1.807, 2.05) is 0 Å². The minimum absolute atomic E-state index is 0.231. The van der Waals surface area contributed by atoms with Crippen molar-refractivity contribution in [1.29, 1.82) is 0 Å². The van der Waals surface area contributed by atoms with Crippen molar-refractivity contribution >= 4 is 16.5 Å². The monoisotopic (exact) mass is 253 g/mol. The van der Waals surface area contributed by atoms with Gasteiger partial charge in [-0.15, -0.1) is 10.2 Å². The van der Waals surface area contributed by atoms with Gasteiger partial charge in [-0.2, -0.15) is 0 Å². The molecule has 6 heteroatoms. The molecule has 0 saturated heterocycles. The van der Waals surface area contributed by atoms with Crippen LogP contribution in [0.3, 0.4) is 0 Å². The van der Waals surface area contributed by atoms with Gasteiger partial charge in [0.2, 0.25) is 5.13 Å². The molecule has 2 rings (SSSR count). The van der Waals surface area contributed by atoms with Gasteiger partial charge in [0.1, 0.15) is 18.2 Å². The number of halogens is 1. The third-order valence-electron chi connectivity index (χ3n) is 2.17. The average Bonchev–Trinajstić information content (AvgIpc) is 2.79. The van der Waals surface area contributed by atoms with E-state index in [4.69, 9.17) is 4.74 Å². The van der Waals surface area contributed by atoms with E-state index in [-0.39, 0.29) is 5.82 Å². The van der Waals surface area contributed by atoms with Gasteiger partial charge in [0.25, 0.3) is 0 Å². The highest BCUT2D eigenvalue weighted by atomic mass is 32.1. The van der Waals surface area contributed by atoms with Crippen LogP contribution < -0.4 is 10.1 Å². The van der Waals surface area contributed by atoms with Crippen molar-refractivity contribution in [3.8, 4) is 5.75 Å². The molecule has 0 fully saturated rings. The molecule has 0 radical (unpaired) electrons. The largest absolute Gasteiger partial charge is 0.486 e. The maximum Gasteiger partial charge on any atom is 0.205 e. The fraction of sp³-hybridized carbons (Fsp3) is 0.273. The van der Waals surface area contributed by atoms with Gasteiger partial charge in [-0.25, -0.2) is 4.39 Å². The molecule has 0 aliphatic carbocycles. The molecule has 0 aliphatic heterocycles.